The molecule has 2 aromatic carbocycles. The number of nitrogens with one attached hydrogen (secondary N) is 3. The standard InChI is InChI=1S/C23H29ClN4O2/c1-30-21-7-3-2-6-18(21)20(28-12-4-5-13-28)15-25-23(29)19-14-26-27-22(19)16-8-10-17(24)11-9-16/h2-3,6-11,19-20,22,26-27H,4-5,12-15H2,1H3,(H,25,29). The number of nitrogens with zero attached hydrogens (tertiary/aromatic N) is 1. The second-order valence-corrected chi connectivity index (χ2v) is 8.34. The molecule has 2 aliphatic rings. The number of para-hydroxylation sites is 1. The number of rotatable bonds is 7. The second kappa shape index (κ2) is 9.79. The maximum atomic E-state index is 13.1. The molecule has 3 unspecified atom stereocenters. The van der Waals surface area contributed by atoms with E-state index in [4.69, 9.17) is 16.3 Å². The molecule has 2 aliphatic heterocycles. The number of halogens is 1. The summed E-state index contributed by atoms with van der Waals surface area (Å²) >= 11 is 6.02. The Kier molecular flexibility index (Phi) is 6.89. The number of methoxy groups -OCH3 is 1. The van der Waals surface area contributed by atoms with Crippen LogP contribution in [0.1, 0.15) is 36.1 Å². The van der Waals surface area contributed by atoms with Gasteiger partial charge >= 0.3 is 0 Å². The van der Waals surface area contributed by atoms with Crippen LogP contribution in [0.5, 0.6) is 5.75 Å². The zero-order valence-electron chi connectivity index (χ0n) is 17.2. The molecule has 4 rings (SSSR count). The lowest BCUT2D eigenvalue weighted by molar-refractivity contribution is -0.125. The molecule has 30 heavy (non-hydrogen) atoms. The third kappa shape index (κ3) is 4.62. The Balaban J connectivity index is 1.47. The fourth-order valence-electron chi connectivity index (χ4n) is 4.49. The SMILES string of the molecule is COc1ccccc1C(CNC(=O)C1CNNC1c1ccc(Cl)cc1)N1CCCC1. The van der Waals surface area contributed by atoms with E-state index in [1.165, 1.54) is 12.8 Å². The lowest BCUT2D eigenvalue weighted by atomic mass is 9.94. The largest absolute Gasteiger partial charge is 0.496 e. The summed E-state index contributed by atoms with van der Waals surface area (Å²) in [6.07, 6.45) is 2.38. The highest BCUT2D eigenvalue weighted by atomic mass is 35.5. The topological polar surface area (TPSA) is 65.6 Å². The molecule has 0 bridgehead atoms. The number of ether oxygens (including phenoxy) is 1. The smallest absolute Gasteiger partial charge is 0.226 e. The molecule has 2 heterocycles. The van der Waals surface area contributed by atoms with Gasteiger partial charge < -0.3 is 10.1 Å². The first-order valence-corrected chi connectivity index (χ1v) is 10.9. The third-order valence-corrected chi connectivity index (χ3v) is 6.35. The van der Waals surface area contributed by atoms with Crippen molar-refractivity contribution in [2.75, 3.05) is 33.3 Å². The van der Waals surface area contributed by atoms with Gasteiger partial charge in [0.25, 0.3) is 0 Å². The van der Waals surface area contributed by atoms with E-state index in [1.807, 2.05) is 42.5 Å². The van der Waals surface area contributed by atoms with Crippen LogP contribution >= 0.6 is 11.6 Å². The molecule has 3 N–H and O–H groups in total. The summed E-state index contributed by atoms with van der Waals surface area (Å²) in [6.45, 7) is 3.22. The Morgan fingerprint density at radius 2 is 1.93 bits per heavy atom. The van der Waals surface area contributed by atoms with Crippen LogP contribution in [0.4, 0.5) is 0 Å². The van der Waals surface area contributed by atoms with Crippen LogP contribution < -0.4 is 20.9 Å². The molecule has 0 aromatic heterocycles. The van der Waals surface area contributed by atoms with Gasteiger partial charge in [-0.05, 0) is 49.7 Å². The molecule has 1 amide bonds. The summed E-state index contributed by atoms with van der Waals surface area (Å²) in [4.78, 5) is 15.6. The lowest BCUT2D eigenvalue weighted by Crippen LogP contribution is -2.41. The van der Waals surface area contributed by atoms with Gasteiger partial charge in [0.15, 0.2) is 0 Å². The van der Waals surface area contributed by atoms with E-state index in [0.29, 0.717) is 18.1 Å². The Morgan fingerprint density at radius 3 is 2.67 bits per heavy atom. The zero-order chi connectivity index (χ0) is 20.9. The minimum absolute atomic E-state index is 0.0477. The molecule has 7 heteroatoms. The van der Waals surface area contributed by atoms with Gasteiger partial charge in [0.2, 0.25) is 5.91 Å². The van der Waals surface area contributed by atoms with E-state index in [9.17, 15) is 4.79 Å². The second-order valence-electron chi connectivity index (χ2n) is 7.91. The Bertz CT molecular complexity index is 855. The van der Waals surface area contributed by atoms with E-state index in [1.54, 1.807) is 7.11 Å². The number of hydrogen-bond donors (Lipinski definition) is 3. The van der Waals surface area contributed by atoms with Gasteiger partial charge in [-0.25, -0.2) is 5.43 Å². The molecule has 0 saturated carbocycles. The molecule has 6 nitrogen and oxygen atoms in total. The van der Waals surface area contributed by atoms with Crippen molar-refractivity contribution in [3.63, 3.8) is 0 Å². The summed E-state index contributed by atoms with van der Waals surface area (Å²) < 4.78 is 5.61. The first-order valence-electron chi connectivity index (χ1n) is 10.6. The van der Waals surface area contributed by atoms with Gasteiger partial charge in [0.05, 0.1) is 25.1 Å². The summed E-state index contributed by atoms with van der Waals surface area (Å²) in [5.74, 6) is 0.724. The van der Waals surface area contributed by atoms with Crippen molar-refractivity contribution < 1.29 is 9.53 Å². The van der Waals surface area contributed by atoms with E-state index in [0.717, 1.165) is 30.0 Å². The zero-order valence-corrected chi connectivity index (χ0v) is 18.0. The average Bonchev–Trinajstić information content (AvgIpc) is 3.47. The van der Waals surface area contributed by atoms with Crippen molar-refractivity contribution in [2.45, 2.75) is 24.9 Å². The molecular formula is C23H29ClN4O2. The number of carbonyl (C=O) groups is 1. The van der Waals surface area contributed by atoms with Crippen molar-refractivity contribution in [1.82, 2.24) is 21.1 Å². The number of likely N-dealkylation sites (tertiary alicyclic amines) is 1. The maximum absolute atomic E-state index is 13.1. The average molecular weight is 429 g/mol. The van der Waals surface area contributed by atoms with Crippen LogP contribution in [-0.2, 0) is 4.79 Å². The molecular weight excluding hydrogens is 400 g/mol. The van der Waals surface area contributed by atoms with Gasteiger partial charge in [-0.3, -0.25) is 15.1 Å². The van der Waals surface area contributed by atoms with Crippen LogP contribution in [0.25, 0.3) is 0 Å². The summed E-state index contributed by atoms with van der Waals surface area (Å²) in [6, 6.07) is 15.8. The van der Waals surface area contributed by atoms with Gasteiger partial charge in [0, 0.05) is 23.7 Å². The Labute approximate surface area is 182 Å². The van der Waals surface area contributed by atoms with Crippen LogP contribution in [0.3, 0.4) is 0 Å². The van der Waals surface area contributed by atoms with Crippen LogP contribution in [-0.4, -0.2) is 44.1 Å². The fraction of sp³-hybridized carbons (Fsp3) is 0.435. The third-order valence-electron chi connectivity index (χ3n) is 6.10. The Morgan fingerprint density at radius 1 is 1.20 bits per heavy atom. The highest BCUT2D eigenvalue weighted by Gasteiger charge is 2.35. The number of hydrogen-bond acceptors (Lipinski definition) is 5. The van der Waals surface area contributed by atoms with Crippen LogP contribution in [0.15, 0.2) is 48.5 Å². The number of amides is 1. The van der Waals surface area contributed by atoms with Crippen LogP contribution in [0, 0.1) is 5.92 Å². The van der Waals surface area contributed by atoms with E-state index in [2.05, 4.69) is 27.1 Å². The molecule has 2 saturated heterocycles. The van der Waals surface area contributed by atoms with Gasteiger partial charge in [-0.1, -0.05) is 41.9 Å². The Hall–Kier alpha value is -2.12. The summed E-state index contributed by atoms with van der Waals surface area (Å²) in [5.41, 5.74) is 8.54. The minimum Gasteiger partial charge on any atom is -0.496 e. The monoisotopic (exact) mass is 428 g/mol. The molecule has 2 aromatic rings. The predicted molar refractivity (Wildman–Crippen MR) is 118 cm³/mol. The van der Waals surface area contributed by atoms with Crippen molar-refractivity contribution in [2.24, 2.45) is 5.92 Å². The molecule has 160 valence electrons. The van der Waals surface area contributed by atoms with Crippen molar-refractivity contribution in [1.29, 1.82) is 0 Å². The van der Waals surface area contributed by atoms with Gasteiger partial charge in [0.1, 0.15) is 5.75 Å². The minimum atomic E-state index is -0.192. The number of hydrazine groups is 1. The maximum Gasteiger partial charge on any atom is 0.226 e. The first-order chi connectivity index (χ1) is 14.7. The lowest BCUT2D eigenvalue weighted by Gasteiger charge is -2.30. The predicted octanol–water partition coefficient (Wildman–Crippen LogP) is 3.07. The molecule has 0 radical (unpaired) electrons. The van der Waals surface area contributed by atoms with E-state index >= 15 is 0 Å². The highest BCUT2D eigenvalue weighted by Crippen LogP contribution is 2.32. The molecule has 2 fully saturated rings. The normalized spacial score (nSPS) is 22.7. The molecule has 3 atom stereocenters. The molecule has 0 spiro atoms. The van der Waals surface area contributed by atoms with E-state index in [-0.39, 0.29) is 23.9 Å². The quantitative estimate of drug-likeness (QED) is 0.632. The van der Waals surface area contributed by atoms with Gasteiger partial charge in [-0.2, -0.15) is 0 Å². The highest BCUT2D eigenvalue weighted by molar-refractivity contribution is 6.30. The van der Waals surface area contributed by atoms with Crippen molar-refractivity contribution in [3.8, 4) is 5.75 Å². The van der Waals surface area contributed by atoms with Crippen LogP contribution in [0.2, 0.25) is 5.02 Å². The number of carbonyl (C=O) groups excluding carboxylic acids is 1. The first kappa shape index (κ1) is 21.1. The van der Waals surface area contributed by atoms with Gasteiger partial charge in [-0.15, -0.1) is 0 Å². The fourth-order valence-corrected chi connectivity index (χ4v) is 4.61. The number of benzene rings is 2. The molecule has 0 aliphatic carbocycles. The van der Waals surface area contributed by atoms with Crippen molar-refractivity contribution >= 4 is 17.5 Å². The summed E-state index contributed by atoms with van der Waals surface area (Å²) in [7, 11) is 1.70. The summed E-state index contributed by atoms with van der Waals surface area (Å²) in [5, 5.41) is 3.91. The van der Waals surface area contributed by atoms with Crippen molar-refractivity contribution in [3.05, 3.63) is 64.7 Å². The van der Waals surface area contributed by atoms with E-state index < -0.39 is 0 Å².